The maximum Gasteiger partial charge on any atom is 0.215 e. The molecule has 3 aromatic rings. The predicted molar refractivity (Wildman–Crippen MR) is 121 cm³/mol. The highest BCUT2D eigenvalue weighted by molar-refractivity contribution is 7.88. The van der Waals surface area contributed by atoms with Crippen molar-refractivity contribution in [2.45, 2.75) is 24.5 Å². The fourth-order valence-corrected chi connectivity index (χ4v) is 4.78. The Labute approximate surface area is 187 Å². The third-order valence-corrected chi connectivity index (χ3v) is 6.81. The molecule has 0 amide bonds. The lowest BCUT2D eigenvalue weighted by atomic mass is 9.82. The molecule has 0 spiro atoms. The number of nitriles is 1. The van der Waals surface area contributed by atoms with Crippen molar-refractivity contribution in [3.8, 4) is 6.07 Å². The van der Waals surface area contributed by atoms with E-state index in [1.165, 1.54) is 24.3 Å². The van der Waals surface area contributed by atoms with E-state index in [1.807, 2.05) is 25.1 Å². The fraction of sp³-hybridized carbons (Fsp3) is 0.208. The Kier molecular flexibility index (Phi) is 7.45. The van der Waals surface area contributed by atoms with E-state index < -0.39 is 15.8 Å². The monoisotopic (exact) mass is 456 g/mol. The quantitative estimate of drug-likeness (QED) is 0.496. The second kappa shape index (κ2) is 10.1. The third-order valence-electron chi connectivity index (χ3n) is 5.24. The Morgan fingerprint density at radius 1 is 1.03 bits per heavy atom. The molecule has 0 aliphatic carbocycles. The van der Waals surface area contributed by atoms with Crippen molar-refractivity contribution in [3.05, 3.63) is 106 Å². The molecule has 0 radical (unpaired) electrons. The van der Waals surface area contributed by atoms with E-state index in [0.717, 1.165) is 11.1 Å². The van der Waals surface area contributed by atoms with Gasteiger partial charge in [0.05, 0.1) is 17.4 Å². The van der Waals surface area contributed by atoms with Crippen LogP contribution in [0.1, 0.15) is 41.0 Å². The standard InChI is InChI=1S/C24H22ClFN2O2S/c1-17(20-7-9-22(25)10-8-20)24(21-4-2-3-19(13-21)14-27)15-28-31(29,30)16-18-5-11-23(26)12-6-18/h2-13,17,24,28H,15-16H2,1H3. The summed E-state index contributed by atoms with van der Waals surface area (Å²) >= 11 is 6.01. The molecule has 2 unspecified atom stereocenters. The van der Waals surface area contributed by atoms with Crippen LogP contribution in [0.3, 0.4) is 0 Å². The lowest BCUT2D eigenvalue weighted by molar-refractivity contribution is 0.539. The molecule has 31 heavy (non-hydrogen) atoms. The van der Waals surface area contributed by atoms with Crippen molar-refractivity contribution < 1.29 is 12.8 Å². The van der Waals surface area contributed by atoms with Gasteiger partial charge in [0.25, 0.3) is 0 Å². The van der Waals surface area contributed by atoms with Gasteiger partial charge in [-0.05, 0) is 59.0 Å². The van der Waals surface area contributed by atoms with Crippen molar-refractivity contribution in [2.24, 2.45) is 0 Å². The van der Waals surface area contributed by atoms with Gasteiger partial charge in [0, 0.05) is 17.5 Å². The molecule has 0 heterocycles. The first-order valence-corrected chi connectivity index (χ1v) is 11.8. The van der Waals surface area contributed by atoms with E-state index in [-0.39, 0.29) is 24.1 Å². The zero-order chi connectivity index (χ0) is 22.4. The first kappa shape index (κ1) is 23.0. The lowest BCUT2D eigenvalue weighted by Crippen LogP contribution is -2.31. The molecule has 160 valence electrons. The Morgan fingerprint density at radius 2 is 1.71 bits per heavy atom. The number of halogens is 2. The molecule has 0 saturated heterocycles. The molecule has 0 aliphatic heterocycles. The van der Waals surface area contributed by atoms with Gasteiger partial charge in [0.1, 0.15) is 5.82 Å². The Bertz CT molecular complexity index is 1170. The molecule has 3 aromatic carbocycles. The minimum Gasteiger partial charge on any atom is -0.214 e. The summed E-state index contributed by atoms with van der Waals surface area (Å²) < 4.78 is 41.1. The third kappa shape index (κ3) is 6.38. The first-order chi connectivity index (χ1) is 14.8. The average Bonchev–Trinajstić information content (AvgIpc) is 2.76. The van der Waals surface area contributed by atoms with Crippen LogP contribution in [0.15, 0.2) is 72.8 Å². The molecular weight excluding hydrogens is 435 g/mol. The van der Waals surface area contributed by atoms with Crippen LogP contribution in [-0.4, -0.2) is 15.0 Å². The number of hydrogen-bond donors (Lipinski definition) is 1. The van der Waals surface area contributed by atoms with Crippen LogP contribution in [0.5, 0.6) is 0 Å². The SMILES string of the molecule is CC(c1ccc(Cl)cc1)C(CNS(=O)(=O)Cc1ccc(F)cc1)c1cccc(C#N)c1. The molecule has 0 saturated carbocycles. The maximum atomic E-state index is 13.1. The Hall–Kier alpha value is -2.72. The van der Waals surface area contributed by atoms with Gasteiger partial charge in [0.15, 0.2) is 0 Å². The summed E-state index contributed by atoms with van der Waals surface area (Å²) in [6.45, 7) is 2.17. The summed E-state index contributed by atoms with van der Waals surface area (Å²) in [6.07, 6.45) is 0. The largest absolute Gasteiger partial charge is 0.215 e. The van der Waals surface area contributed by atoms with Gasteiger partial charge in [-0.3, -0.25) is 0 Å². The summed E-state index contributed by atoms with van der Waals surface area (Å²) in [5.74, 6) is -0.909. The smallest absolute Gasteiger partial charge is 0.214 e. The van der Waals surface area contributed by atoms with Crippen LogP contribution in [0, 0.1) is 17.1 Å². The minimum atomic E-state index is -3.65. The number of nitrogens with zero attached hydrogens (tertiary/aromatic N) is 1. The van der Waals surface area contributed by atoms with Gasteiger partial charge in [-0.2, -0.15) is 5.26 Å². The zero-order valence-corrected chi connectivity index (χ0v) is 18.5. The van der Waals surface area contributed by atoms with Crippen LogP contribution in [-0.2, 0) is 15.8 Å². The zero-order valence-electron chi connectivity index (χ0n) is 16.9. The highest BCUT2D eigenvalue weighted by atomic mass is 35.5. The average molecular weight is 457 g/mol. The number of nitrogens with one attached hydrogen (secondary N) is 1. The number of benzene rings is 3. The highest BCUT2D eigenvalue weighted by Gasteiger charge is 2.24. The van der Waals surface area contributed by atoms with Crippen molar-refractivity contribution in [1.29, 1.82) is 5.26 Å². The van der Waals surface area contributed by atoms with Crippen LogP contribution < -0.4 is 4.72 Å². The van der Waals surface area contributed by atoms with E-state index in [4.69, 9.17) is 11.6 Å². The molecular formula is C24H22ClFN2O2S. The van der Waals surface area contributed by atoms with Crippen molar-refractivity contribution in [3.63, 3.8) is 0 Å². The lowest BCUT2D eigenvalue weighted by Gasteiger charge is -2.25. The normalized spacial score (nSPS) is 13.4. The first-order valence-electron chi connectivity index (χ1n) is 9.75. The molecule has 0 bridgehead atoms. The minimum absolute atomic E-state index is 0.0419. The summed E-state index contributed by atoms with van der Waals surface area (Å²) in [5, 5.41) is 9.89. The van der Waals surface area contributed by atoms with E-state index in [9.17, 15) is 18.1 Å². The number of rotatable bonds is 8. The van der Waals surface area contributed by atoms with Crippen molar-refractivity contribution in [1.82, 2.24) is 4.72 Å². The van der Waals surface area contributed by atoms with Gasteiger partial charge >= 0.3 is 0 Å². The summed E-state index contributed by atoms with van der Waals surface area (Å²) in [4.78, 5) is 0. The molecule has 4 nitrogen and oxygen atoms in total. The van der Waals surface area contributed by atoms with Crippen molar-refractivity contribution >= 4 is 21.6 Å². The van der Waals surface area contributed by atoms with E-state index >= 15 is 0 Å². The topological polar surface area (TPSA) is 70.0 Å². The van der Waals surface area contributed by atoms with Crippen LogP contribution >= 0.6 is 11.6 Å². The molecule has 7 heteroatoms. The van der Waals surface area contributed by atoms with E-state index in [1.54, 1.807) is 30.3 Å². The molecule has 0 aromatic heterocycles. The number of sulfonamides is 1. The van der Waals surface area contributed by atoms with Crippen molar-refractivity contribution in [2.75, 3.05) is 6.54 Å². The predicted octanol–water partition coefficient (Wildman–Crippen LogP) is 5.36. The second-order valence-corrected chi connectivity index (χ2v) is 9.66. The van der Waals surface area contributed by atoms with Gasteiger partial charge in [-0.15, -0.1) is 0 Å². The number of hydrogen-bond acceptors (Lipinski definition) is 3. The highest BCUT2D eigenvalue weighted by Crippen LogP contribution is 2.33. The van der Waals surface area contributed by atoms with Gasteiger partial charge < -0.3 is 0 Å². The van der Waals surface area contributed by atoms with E-state index in [2.05, 4.69) is 10.8 Å². The van der Waals surface area contributed by atoms with E-state index in [0.29, 0.717) is 16.1 Å². The molecule has 3 rings (SSSR count). The van der Waals surface area contributed by atoms with Gasteiger partial charge in [-0.25, -0.2) is 17.5 Å². The van der Waals surface area contributed by atoms with Gasteiger partial charge in [0.2, 0.25) is 10.0 Å². The fourth-order valence-electron chi connectivity index (χ4n) is 3.49. The maximum absolute atomic E-state index is 13.1. The molecule has 0 fully saturated rings. The second-order valence-electron chi connectivity index (χ2n) is 7.42. The summed E-state index contributed by atoms with van der Waals surface area (Å²) in [6, 6.07) is 22.1. The summed E-state index contributed by atoms with van der Waals surface area (Å²) in [5.41, 5.74) is 2.89. The molecule has 0 aliphatic rings. The van der Waals surface area contributed by atoms with Crippen LogP contribution in [0.25, 0.3) is 0 Å². The molecule has 1 N–H and O–H groups in total. The summed E-state index contributed by atoms with van der Waals surface area (Å²) in [7, 11) is -3.65. The Balaban J connectivity index is 1.84. The van der Waals surface area contributed by atoms with Crippen LogP contribution in [0.4, 0.5) is 4.39 Å². The molecule has 2 atom stereocenters. The van der Waals surface area contributed by atoms with Gasteiger partial charge in [-0.1, -0.05) is 54.9 Å². The Morgan fingerprint density at radius 3 is 2.35 bits per heavy atom. The van der Waals surface area contributed by atoms with Crippen LogP contribution in [0.2, 0.25) is 5.02 Å².